The van der Waals surface area contributed by atoms with Crippen molar-refractivity contribution in [3.63, 3.8) is 0 Å². The summed E-state index contributed by atoms with van der Waals surface area (Å²) in [7, 11) is 0. The molecule has 23 heavy (non-hydrogen) atoms. The third-order valence-corrected chi connectivity index (χ3v) is 6.93. The zero-order valence-electron chi connectivity index (χ0n) is 13.2. The van der Waals surface area contributed by atoms with Crippen molar-refractivity contribution in [1.82, 2.24) is 15.2 Å². The van der Waals surface area contributed by atoms with E-state index in [0.717, 1.165) is 35.0 Å². The lowest BCUT2D eigenvalue weighted by Crippen LogP contribution is -2.52. The molecule has 2 aromatic rings. The van der Waals surface area contributed by atoms with Crippen LogP contribution < -0.4 is 0 Å². The van der Waals surface area contributed by atoms with Gasteiger partial charge < -0.3 is 4.98 Å². The second kappa shape index (κ2) is 5.07. The molecule has 0 radical (unpaired) electrons. The molecular weight excluding hydrogens is 306 g/mol. The van der Waals surface area contributed by atoms with E-state index in [1.165, 1.54) is 37.7 Å². The van der Waals surface area contributed by atoms with Crippen molar-refractivity contribution < 1.29 is 0 Å². The van der Waals surface area contributed by atoms with Crippen molar-refractivity contribution in [1.29, 1.82) is 0 Å². The van der Waals surface area contributed by atoms with Crippen LogP contribution in [0.2, 0.25) is 5.02 Å². The van der Waals surface area contributed by atoms with Crippen LogP contribution in [0.1, 0.15) is 49.4 Å². The Morgan fingerprint density at radius 3 is 2.48 bits per heavy atom. The van der Waals surface area contributed by atoms with Gasteiger partial charge in [-0.3, -0.25) is 0 Å². The molecule has 1 aromatic heterocycles. The van der Waals surface area contributed by atoms with Crippen LogP contribution in [0.3, 0.4) is 0 Å². The largest absolute Gasteiger partial charge is 0.332 e. The first-order valence-corrected chi connectivity index (χ1v) is 9.20. The number of halogens is 1. The number of hydrogen-bond donors (Lipinski definition) is 1. The fourth-order valence-electron chi connectivity index (χ4n) is 6.41. The summed E-state index contributed by atoms with van der Waals surface area (Å²) in [6.07, 6.45) is 9.77. The second-order valence-electron chi connectivity index (χ2n) is 8.11. The van der Waals surface area contributed by atoms with Crippen LogP contribution in [-0.4, -0.2) is 15.2 Å². The summed E-state index contributed by atoms with van der Waals surface area (Å²) in [4.78, 5) is 3.25. The van der Waals surface area contributed by atoms with Crippen LogP contribution in [-0.2, 0) is 6.42 Å². The number of hydrogen-bond acceptors (Lipinski definition) is 2. The molecule has 0 amide bonds. The molecule has 6 rings (SSSR count). The third kappa shape index (κ3) is 2.24. The van der Waals surface area contributed by atoms with Crippen molar-refractivity contribution in [2.75, 3.05) is 0 Å². The Morgan fingerprint density at radius 2 is 1.83 bits per heavy atom. The van der Waals surface area contributed by atoms with Crippen LogP contribution in [0.25, 0.3) is 0 Å². The second-order valence-corrected chi connectivity index (χ2v) is 8.55. The molecule has 4 fully saturated rings. The molecular formula is C19H22ClN3. The number of rotatable bonds is 3. The molecule has 4 aliphatic rings. The Kier molecular flexibility index (Phi) is 3.09. The highest BCUT2D eigenvalue weighted by molar-refractivity contribution is 6.30. The van der Waals surface area contributed by atoms with Crippen molar-refractivity contribution in [2.45, 2.75) is 44.4 Å². The highest BCUT2D eigenvalue weighted by Gasteiger charge is 2.57. The Bertz CT molecular complexity index is 680. The lowest BCUT2D eigenvalue weighted by Gasteiger charge is -2.61. The molecule has 4 heteroatoms. The molecule has 0 saturated heterocycles. The van der Waals surface area contributed by atoms with Gasteiger partial charge in [-0.05, 0) is 78.9 Å². The molecule has 120 valence electrons. The highest BCUT2D eigenvalue weighted by Crippen LogP contribution is 2.66. The van der Waals surface area contributed by atoms with Crippen LogP contribution in [0, 0.1) is 23.2 Å². The summed E-state index contributed by atoms with van der Waals surface area (Å²) in [6.45, 7) is 0. The smallest absolute Gasteiger partial charge is 0.130 e. The van der Waals surface area contributed by atoms with Gasteiger partial charge in [0.15, 0.2) is 0 Å². The SMILES string of the molecule is Clc1ccc(C2C3CC4CC(C3)CC2(Cc2nnc[nH]2)C4)cc1. The maximum atomic E-state index is 6.13. The highest BCUT2D eigenvalue weighted by atomic mass is 35.5. The number of nitrogens with one attached hydrogen (secondary N) is 1. The van der Waals surface area contributed by atoms with E-state index in [4.69, 9.17) is 11.6 Å². The average Bonchev–Trinajstić information content (AvgIpc) is 3.00. The molecule has 1 aromatic carbocycles. The predicted molar refractivity (Wildman–Crippen MR) is 90.3 cm³/mol. The minimum atomic E-state index is 0.363. The number of aromatic amines is 1. The molecule has 3 unspecified atom stereocenters. The van der Waals surface area contributed by atoms with Gasteiger partial charge in [0.05, 0.1) is 0 Å². The van der Waals surface area contributed by atoms with Crippen LogP contribution in [0.15, 0.2) is 30.6 Å². The van der Waals surface area contributed by atoms with E-state index in [2.05, 4.69) is 39.4 Å². The summed E-state index contributed by atoms with van der Waals surface area (Å²) in [5.41, 5.74) is 1.85. The van der Waals surface area contributed by atoms with Crippen molar-refractivity contribution >= 4 is 11.6 Å². The number of benzene rings is 1. The molecule has 0 aliphatic heterocycles. The number of H-pyrrole nitrogens is 1. The van der Waals surface area contributed by atoms with Gasteiger partial charge in [0.2, 0.25) is 0 Å². The van der Waals surface area contributed by atoms with E-state index in [9.17, 15) is 0 Å². The average molecular weight is 328 g/mol. The van der Waals surface area contributed by atoms with Gasteiger partial charge in [0.25, 0.3) is 0 Å². The maximum Gasteiger partial charge on any atom is 0.130 e. The van der Waals surface area contributed by atoms with Crippen LogP contribution in [0.5, 0.6) is 0 Å². The molecule has 3 atom stereocenters. The Hall–Kier alpha value is -1.35. The zero-order valence-corrected chi connectivity index (χ0v) is 14.0. The summed E-state index contributed by atoms with van der Waals surface area (Å²) in [6, 6.07) is 8.64. The van der Waals surface area contributed by atoms with E-state index < -0.39 is 0 Å². The monoisotopic (exact) mass is 327 g/mol. The number of nitrogens with zero attached hydrogens (tertiary/aromatic N) is 2. The first kappa shape index (κ1) is 14.0. The van der Waals surface area contributed by atoms with Crippen LogP contribution in [0.4, 0.5) is 0 Å². The summed E-state index contributed by atoms with van der Waals surface area (Å²) < 4.78 is 0. The molecule has 0 spiro atoms. The quantitative estimate of drug-likeness (QED) is 0.894. The topological polar surface area (TPSA) is 41.6 Å². The first-order chi connectivity index (χ1) is 11.2. The zero-order chi connectivity index (χ0) is 15.4. The third-order valence-electron chi connectivity index (χ3n) is 6.68. The molecule has 4 aliphatic carbocycles. The van der Waals surface area contributed by atoms with E-state index in [-0.39, 0.29) is 0 Å². The van der Waals surface area contributed by atoms with Gasteiger partial charge in [-0.25, -0.2) is 0 Å². The van der Waals surface area contributed by atoms with Gasteiger partial charge >= 0.3 is 0 Å². The lowest BCUT2D eigenvalue weighted by molar-refractivity contribution is -0.0761. The summed E-state index contributed by atoms with van der Waals surface area (Å²) in [5, 5.41) is 9.15. The van der Waals surface area contributed by atoms with Gasteiger partial charge in [-0.2, -0.15) is 0 Å². The van der Waals surface area contributed by atoms with Gasteiger partial charge in [0, 0.05) is 11.4 Å². The standard InChI is InChI=1S/C19H22ClN3/c20-16-3-1-14(2-4-16)18-15-6-12-5-13(7-15)9-19(18,8-12)10-17-21-11-22-23-17/h1-4,11-13,15,18H,5-10H2,(H,21,22,23). The van der Waals surface area contributed by atoms with E-state index in [1.54, 1.807) is 6.33 Å². The van der Waals surface area contributed by atoms with E-state index >= 15 is 0 Å². The summed E-state index contributed by atoms with van der Waals surface area (Å²) >= 11 is 6.13. The fraction of sp³-hybridized carbons (Fsp3) is 0.579. The molecule has 1 heterocycles. The Balaban J connectivity index is 1.57. The van der Waals surface area contributed by atoms with E-state index in [1.807, 2.05) is 0 Å². The minimum Gasteiger partial charge on any atom is -0.332 e. The van der Waals surface area contributed by atoms with E-state index in [0.29, 0.717) is 11.3 Å². The normalized spacial score (nSPS) is 38.1. The minimum absolute atomic E-state index is 0.363. The maximum absolute atomic E-state index is 6.13. The van der Waals surface area contributed by atoms with Gasteiger partial charge in [-0.1, -0.05) is 23.7 Å². The molecule has 4 bridgehead atoms. The lowest BCUT2D eigenvalue weighted by atomic mass is 9.43. The van der Waals surface area contributed by atoms with Crippen molar-refractivity contribution in [3.05, 3.63) is 47.0 Å². The fourth-order valence-corrected chi connectivity index (χ4v) is 6.54. The Morgan fingerprint density at radius 1 is 1.09 bits per heavy atom. The van der Waals surface area contributed by atoms with Gasteiger partial charge in [0.1, 0.15) is 12.2 Å². The predicted octanol–water partition coefficient (Wildman–Crippen LogP) is 4.61. The molecule has 3 nitrogen and oxygen atoms in total. The summed E-state index contributed by atoms with van der Waals surface area (Å²) in [5.74, 6) is 4.41. The Labute approximate surface area is 141 Å². The first-order valence-electron chi connectivity index (χ1n) is 8.82. The van der Waals surface area contributed by atoms with Gasteiger partial charge in [-0.15, -0.1) is 10.2 Å². The number of aromatic nitrogens is 3. The van der Waals surface area contributed by atoms with Crippen molar-refractivity contribution in [3.8, 4) is 0 Å². The van der Waals surface area contributed by atoms with Crippen LogP contribution >= 0.6 is 11.6 Å². The molecule has 4 saturated carbocycles. The molecule has 1 N–H and O–H groups in total. The van der Waals surface area contributed by atoms with Crippen molar-refractivity contribution in [2.24, 2.45) is 23.2 Å².